The lowest BCUT2D eigenvalue weighted by Crippen LogP contribution is -2.65. The molecule has 0 N–H and O–H groups in total. The fourth-order valence-corrected chi connectivity index (χ4v) is 13.3. The van der Waals surface area contributed by atoms with Gasteiger partial charge in [-0.15, -0.1) is 0 Å². The second-order valence-corrected chi connectivity index (χ2v) is 15.9. The van der Waals surface area contributed by atoms with Crippen molar-refractivity contribution in [3.05, 3.63) is 132 Å². The Hall–Kier alpha value is -4.95. The van der Waals surface area contributed by atoms with E-state index in [0.29, 0.717) is 49.0 Å². The molecule has 0 spiro atoms. The molecule has 2 aromatic heterocycles. The van der Waals surface area contributed by atoms with Gasteiger partial charge in [-0.1, -0.05) is 132 Å². The summed E-state index contributed by atoms with van der Waals surface area (Å²) in [5.74, 6) is 2.16. The van der Waals surface area contributed by atoms with Crippen molar-refractivity contribution in [3.8, 4) is 11.1 Å². The van der Waals surface area contributed by atoms with Gasteiger partial charge < -0.3 is 9.13 Å². The summed E-state index contributed by atoms with van der Waals surface area (Å²) in [7, 11) is 0. The monoisotopic (exact) mass is 608 g/mol. The number of aromatic nitrogens is 2. The third-order valence-corrected chi connectivity index (χ3v) is 14.4. The standard InChI is InChI=1S/C44H30B2N2/c1-3-11-25(12-4-1)45(26-13-5-2-6-14-26)35-33-21-23-9-7-15-29-31-19-17-27-28-18-20-32-30-16-8-10-24-22-34(35)44-38-43(33)47(39(23)29)41(31)36(27)46(38)37(28)42(32)48(44)40(24)30/h1-20,33-35,38,43-44H,21-22H2/t33?,34?,35?,38-,43-,44?/m0/s1. The highest BCUT2D eigenvalue weighted by atomic mass is 15.1. The van der Waals surface area contributed by atoms with E-state index in [1.807, 2.05) is 0 Å². The predicted molar refractivity (Wildman–Crippen MR) is 201 cm³/mol. The van der Waals surface area contributed by atoms with Crippen molar-refractivity contribution in [1.82, 2.24) is 9.13 Å². The lowest BCUT2D eigenvalue weighted by molar-refractivity contribution is 0.117. The van der Waals surface area contributed by atoms with Crippen LogP contribution in [0.5, 0.6) is 0 Å². The molecular formula is C44H30B2N2. The van der Waals surface area contributed by atoms with Crippen LogP contribution >= 0.6 is 0 Å². The van der Waals surface area contributed by atoms with Gasteiger partial charge in [0.05, 0.1) is 11.0 Å². The maximum Gasteiger partial charge on any atom is 0.223 e. The van der Waals surface area contributed by atoms with Gasteiger partial charge in [0.1, 0.15) is 0 Å². The summed E-state index contributed by atoms with van der Waals surface area (Å²) in [5, 5.41) is 5.90. The molecule has 4 heteroatoms. The summed E-state index contributed by atoms with van der Waals surface area (Å²) in [6.45, 7) is 0.818. The molecule has 1 aliphatic carbocycles. The van der Waals surface area contributed by atoms with E-state index < -0.39 is 0 Å². The zero-order chi connectivity index (χ0) is 30.6. The van der Waals surface area contributed by atoms with Gasteiger partial charge in [0.2, 0.25) is 13.4 Å². The third-order valence-electron chi connectivity index (χ3n) is 14.4. The quantitative estimate of drug-likeness (QED) is 0.191. The van der Waals surface area contributed by atoms with Crippen LogP contribution in [0.3, 0.4) is 0 Å². The minimum Gasteiger partial charge on any atom is -0.338 e. The molecule has 222 valence electrons. The first-order chi connectivity index (χ1) is 23.9. The van der Waals surface area contributed by atoms with E-state index in [4.69, 9.17) is 0 Å². The van der Waals surface area contributed by atoms with Gasteiger partial charge >= 0.3 is 0 Å². The second kappa shape index (κ2) is 7.84. The molecule has 1 saturated carbocycles. The number of fused-ring (bicyclic) bond motifs is 3. The van der Waals surface area contributed by atoms with E-state index in [1.165, 1.54) is 67.5 Å². The molecule has 6 aromatic carbocycles. The van der Waals surface area contributed by atoms with Crippen LogP contribution in [0.15, 0.2) is 121 Å². The van der Waals surface area contributed by atoms with Crippen LogP contribution in [0.25, 0.3) is 54.7 Å². The molecule has 0 radical (unpaired) electrons. The van der Waals surface area contributed by atoms with E-state index in [9.17, 15) is 0 Å². The molecule has 7 heterocycles. The number of nitrogens with zero attached hydrogens (tertiary/aromatic N) is 2. The minimum atomic E-state index is 0.339. The van der Waals surface area contributed by atoms with E-state index >= 15 is 0 Å². The van der Waals surface area contributed by atoms with E-state index in [2.05, 4.69) is 130 Å². The molecule has 8 aromatic rings. The maximum atomic E-state index is 2.96. The van der Waals surface area contributed by atoms with Crippen LogP contribution in [-0.2, 0) is 12.8 Å². The summed E-state index contributed by atoms with van der Waals surface area (Å²) < 4.78 is 5.92. The van der Waals surface area contributed by atoms with Gasteiger partial charge in [-0.2, -0.15) is 0 Å². The van der Waals surface area contributed by atoms with Crippen molar-refractivity contribution in [2.24, 2.45) is 11.8 Å². The van der Waals surface area contributed by atoms with Gasteiger partial charge in [-0.25, -0.2) is 0 Å². The zero-order valence-corrected chi connectivity index (χ0v) is 26.5. The van der Waals surface area contributed by atoms with Crippen LogP contribution in [0, 0.1) is 11.8 Å². The van der Waals surface area contributed by atoms with Gasteiger partial charge in [0.25, 0.3) is 0 Å². The highest BCUT2D eigenvalue weighted by molar-refractivity contribution is 6.95. The zero-order valence-electron chi connectivity index (χ0n) is 26.5. The van der Waals surface area contributed by atoms with Gasteiger partial charge in [-0.3, -0.25) is 0 Å². The first-order valence-electron chi connectivity index (χ1n) is 18.1. The summed E-state index contributed by atoms with van der Waals surface area (Å²) in [4.78, 5) is 0. The van der Waals surface area contributed by atoms with E-state index in [0.717, 1.165) is 0 Å². The summed E-state index contributed by atoms with van der Waals surface area (Å²) in [6.07, 6.45) is 2.33. The molecule has 6 atom stereocenters. The van der Waals surface area contributed by atoms with E-state index in [-0.39, 0.29) is 0 Å². The number of hydrogen-bond acceptors (Lipinski definition) is 0. The summed E-state index contributed by atoms with van der Waals surface area (Å²) in [6, 6.07) is 48.6. The number of para-hydroxylation sites is 2. The van der Waals surface area contributed by atoms with Crippen molar-refractivity contribution in [2.75, 3.05) is 0 Å². The van der Waals surface area contributed by atoms with E-state index in [1.54, 1.807) is 33.1 Å². The fraction of sp³-hybridized carbons (Fsp3) is 0.182. The Morgan fingerprint density at radius 3 is 1.46 bits per heavy atom. The molecule has 5 aliphatic heterocycles. The lowest BCUT2D eigenvalue weighted by Gasteiger charge is -2.61. The molecule has 0 saturated heterocycles. The minimum absolute atomic E-state index is 0.339. The average molecular weight is 608 g/mol. The largest absolute Gasteiger partial charge is 0.338 e. The predicted octanol–water partition coefficient (Wildman–Crippen LogP) is 7.01. The number of benzene rings is 6. The topological polar surface area (TPSA) is 9.86 Å². The number of rotatable bonds is 3. The average Bonchev–Trinajstić information content (AvgIpc) is 3.78. The van der Waals surface area contributed by atoms with Crippen molar-refractivity contribution in [3.63, 3.8) is 0 Å². The van der Waals surface area contributed by atoms with Crippen LogP contribution in [0.1, 0.15) is 23.2 Å². The Balaban J connectivity index is 1.19. The molecule has 2 nitrogen and oxygen atoms in total. The lowest BCUT2D eigenvalue weighted by atomic mass is 9.21. The Morgan fingerprint density at radius 2 is 0.958 bits per heavy atom. The highest BCUT2D eigenvalue weighted by Crippen LogP contribution is 2.68. The number of hydrogen-bond donors (Lipinski definition) is 0. The summed E-state index contributed by atoms with van der Waals surface area (Å²) >= 11 is 0. The molecule has 48 heavy (non-hydrogen) atoms. The Kier molecular flexibility index (Phi) is 3.96. The fourth-order valence-electron chi connectivity index (χ4n) is 13.3. The molecule has 0 amide bonds. The Morgan fingerprint density at radius 1 is 0.479 bits per heavy atom. The van der Waals surface area contributed by atoms with Crippen molar-refractivity contribution in [1.29, 1.82) is 0 Å². The van der Waals surface area contributed by atoms with Crippen molar-refractivity contribution in [2.45, 2.75) is 36.6 Å². The van der Waals surface area contributed by atoms with Gasteiger partial charge in [0, 0.05) is 44.7 Å². The molecule has 6 aliphatic rings. The third kappa shape index (κ3) is 2.42. The van der Waals surface area contributed by atoms with Gasteiger partial charge in [0.15, 0.2) is 0 Å². The highest BCUT2D eigenvalue weighted by Gasteiger charge is 2.65. The SMILES string of the molecule is c1ccc(B(c2ccccc2)C2C3Cc4cccc5c6ccc7c8c6n(c45)C3[C@H]3B8c4c-7ccc5c6cccc7c6n(c45)[C@H]3C2C7)cc1. The molecular weight excluding hydrogens is 578 g/mol. The van der Waals surface area contributed by atoms with Crippen molar-refractivity contribution >= 4 is 78.9 Å². The maximum absolute atomic E-state index is 2.96. The first kappa shape index (κ1) is 24.2. The molecule has 14 rings (SSSR count). The van der Waals surface area contributed by atoms with Crippen LogP contribution in [0.4, 0.5) is 0 Å². The Bertz CT molecular complexity index is 2600. The summed E-state index contributed by atoms with van der Waals surface area (Å²) in [5.41, 5.74) is 18.6. The van der Waals surface area contributed by atoms with Crippen LogP contribution in [0.2, 0.25) is 11.6 Å². The normalized spacial score (nSPS) is 25.7. The van der Waals surface area contributed by atoms with Crippen molar-refractivity contribution < 1.29 is 0 Å². The Labute approximate surface area is 279 Å². The second-order valence-electron chi connectivity index (χ2n) is 15.9. The smallest absolute Gasteiger partial charge is 0.223 e. The molecule has 1 fully saturated rings. The first-order valence-corrected chi connectivity index (χ1v) is 18.1. The molecule has 4 unspecified atom stereocenters. The van der Waals surface area contributed by atoms with Gasteiger partial charge in [-0.05, 0) is 69.5 Å². The van der Waals surface area contributed by atoms with Crippen LogP contribution < -0.4 is 21.9 Å². The molecule has 0 bridgehead atoms. The van der Waals surface area contributed by atoms with Crippen LogP contribution in [-0.4, -0.2) is 22.6 Å².